The molecule has 7 heteroatoms. The Balaban J connectivity index is 1.42. The zero-order chi connectivity index (χ0) is 23.4. The smallest absolute Gasteiger partial charge is 0.303 e. The number of aromatic nitrogens is 3. The molecule has 1 fully saturated rings. The summed E-state index contributed by atoms with van der Waals surface area (Å²) < 4.78 is 20.8. The second kappa shape index (κ2) is 9.81. The quantitative estimate of drug-likeness (QED) is 0.444. The van der Waals surface area contributed by atoms with E-state index in [1.54, 1.807) is 30.5 Å². The van der Waals surface area contributed by atoms with E-state index >= 15 is 0 Å². The van der Waals surface area contributed by atoms with Crippen molar-refractivity contribution in [3.63, 3.8) is 0 Å². The first-order chi connectivity index (χ1) is 16.0. The van der Waals surface area contributed by atoms with E-state index in [2.05, 4.69) is 28.1 Å². The van der Waals surface area contributed by atoms with Gasteiger partial charge < -0.3 is 14.8 Å². The predicted octanol–water partition coefficient (Wildman–Crippen LogP) is 5.98. The Bertz CT molecular complexity index is 1140. The topological polar surface area (TPSA) is 88.1 Å². The molecule has 1 aliphatic carbocycles. The number of carbonyl (C=O) groups is 1. The largest absolute Gasteiger partial charge is 0.481 e. The number of hydrogen-bond donors (Lipinski definition) is 2. The van der Waals surface area contributed by atoms with E-state index in [4.69, 9.17) is 9.84 Å². The number of carboxylic acids is 1. The van der Waals surface area contributed by atoms with Crippen LogP contribution in [0.25, 0.3) is 34.7 Å². The summed E-state index contributed by atoms with van der Waals surface area (Å²) in [6, 6.07) is 8.60. The standard InChI is InChI=1S/C26H26FN3O3/c1-3-22-23(4-2)30-26(29-22)20-11-7-17(14-21(20)27)18-8-12-24(28-15-18)33-19-9-5-16(6-10-19)13-25(31)32/h3-4,7-8,11-12,14-16,19H,1-2,5-6,9-10,13H2,(H,29,30)(H,31,32)/t16-,19-. The summed E-state index contributed by atoms with van der Waals surface area (Å²) in [4.78, 5) is 22.7. The highest BCUT2D eigenvalue weighted by Crippen LogP contribution is 2.31. The summed E-state index contributed by atoms with van der Waals surface area (Å²) in [5.41, 5.74) is 3.15. The zero-order valence-corrected chi connectivity index (χ0v) is 18.3. The number of imidazole rings is 1. The van der Waals surface area contributed by atoms with Gasteiger partial charge in [-0.25, -0.2) is 14.4 Å². The van der Waals surface area contributed by atoms with Crippen molar-refractivity contribution in [3.05, 3.63) is 66.9 Å². The van der Waals surface area contributed by atoms with E-state index in [9.17, 15) is 9.18 Å². The molecule has 4 rings (SSSR count). The Morgan fingerprint density at radius 2 is 1.91 bits per heavy atom. The average Bonchev–Trinajstić information content (AvgIpc) is 3.24. The molecular weight excluding hydrogens is 421 g/mol. The van der Waals surface area contributed by atoms with E-state index in [-0.39, 0.29) is 18.4 Å². The van der Waals surface area contributed by atoms with Crippen LogP contribution in [0.15, 0.2) is 49.7 Å². The maximum absolute atomic E-state index is 14.9. The van der Waals surface area contributed by atoms with Crippen molar-refractivity contribution >= 4 is 18.1 Å². The third kappa shape index (κ3) is 5.19. The van der Waals surface area contributed by atoms with E-state index in [0.717, 1.165) is 31.2 Å². The first-order valence-corrected chi connectivity index (χ1v) is 11.0. The van der Waals surface area contributed by atoms with Gasteiger partial charge in [0.05, 0.1) is 17.0 Å². The Labute approximate surface area is 191 Å². The summed E-state index contributed by atoms with van der Waals surface area (Å²) in [6.07, 6.45) is 8.48. The number of benzene rings is 1. The molecule has 0 saturated heterocycles. The molecule has 0 aliphatic heterocycles. The number of nitrogens with one attached hydrogen (secondary N) is 1. The molecule has 0 amide bonds. The lowest BCUT2D eigenvalue weighted by Gasteiger charge is -2.27. The fourth-order valence-corrected chi connectivity index (χ4v) is 4.22. The highest BCUT2D eigenvalue weighted by atomic mass is 19.1. The first-order valence-electron chi connectivity index (χ1n) is 11.0. The number of aromatic amines is 1. The van der Waals surface area contributed by atoms with E-state index < -0.39 is 11.8 Å². The van der Waals surface area contributed by atoms with Crippen LogP contribution in [0.5, 0.6) is 5.88 Å². The van der Waals surface area contributed by atoms with Gasteiger partial charge in [-0.1, -0.05) is 19.2 Å². The summed E-state index contributed by atoms with van der Waals surface area (Å²) >= 11 is 0. The summed E-state index contributed by atoms with van der Waals surface area (Å²) in [7, 11) is 0. The van der Waals surface area contributed by atoms with Gasteiger partial charge >= 0.3 is 5.97 Å². The number of rotatable bonds is 8. The third-order valence-corrected chi connectivity index (χ3v) is 6.00. The van der Waals surface area contributed by atoms with Gasteiger partial charge in [0.25, 0.3) is 0 Å². The number of H-pyrrole nitrogens is 1. The molecule has 0 spiro atoms. The van der Waals surface area contributed by atoms with E-state index in [1.165, 1.54) is 6.07 Å². The van der Waals surface area contributed by atoms with Crippen LogP contribution in [0, 0.1) is 11.7 Å². The molecule has 1 aromatic carbocycles. The monoisotopic (exact) mass is 447 g/mol. The van der Waals surface area contributed by atoms with Gasteiger partial charge in [-0.2, -0.15) is 0 Å². The van der Waals surface area contributed by atoms with Crippen LogP contribution in [0.4, 0.5) is 4.39 Å². The van der Waals surface area contributed by atoms with Gasteiger partial charge in [0.1, 0.15) is 17.7 Å². The Hall–Kier alpha value is -3.74. The minimum absolute atomic E-state index is 0.0410. The van der Waals surface area contributed by atoms with Crippen molar-refractivity contribution < 1.29 is 19.0 Å². The molecule has 2 aromatic heterocycles. The number of aliphatic carboxylic acids is 1. The molecule has 0 bridgehead atoms. The van der Waals surface area contributed by atoms with Crippen molar-refractivity contribution in [3.8, 4) is 28.4 Å². The maximum Gasteiger partial charge on any atom is 0.303 e. The number of hydrogen-bond acceptors (Lipinski definition) is 4. The fourth-order valence-electron chi connectivity index (χ4n) is 4.22. The second-order valence-electron chi connectivity index (χ2n) is 8.23. The van der Waals surface area contributed by atoms with Crippen LogP contribution in [-0.4, -0.2) is 32.1 Å². The molecule has 0 unspecified atom stereocenters. The van der Waals surface area contributed by atoms with Crippen LogP contribution in [0.1, 0.15) is 43.5 Å². The van der Waals surface area contributed by atoms with Gasteiger partial charge in [-0.3, -0.25) is 4.79 Å². The van der Waals surface area contributed by atoms with Crippen molar-refractivity contribution in [1.82, 2.24) is 15.0 Å². The molecule has 1 saturated carbocycles. The normalized spacial score (nSPS) is 18.0. The van der Waals surface area contributed by atoms with Crippen LogP contribution in [0.2, 0.25) is 0 Å². The second-order valence-corrected chi connectivity index (χ2v) is 8.23. The van der Waals surface area contributed by atoms with Gasteiger partial charge in [0.15, 0.2) is 0 Å². The summed E-state index contributed by atoms with van der Waals surface area (Å²) in [5.74, 6) is 0.0217. The van der Waals surface area contributed by atoms with Gasteiger partial charge in [-0.05, 0) is 67.5 Å². The molecule has 2 N–H and O–H groups in total. The lowest BCUT2D eigenvalue weighted by Crippen LogP contribution is -2.25. The Morgan fingerprint density at radius 3 is 2.48 bits per heavy atom. The lowest BCUT2D eigenvalue weighted by molar-refractivity contribution is -0.138. The van der Waals surface area contributed by atoms with E-state index in [1.807, 2.05) is 12.1 Å². The minimum Gasteiger partial charge on any atom is -0.481 e. The average molecular weight is 448 g/mol. The van der Waals surface area contributed by atoms with Crippen molar-refractivity contribution in [2.75, 3.05) is 0 Å². The molecule has 1 aliphatic rings. The number of nitrogens with zero attached hydrogens (tertiary/aromatic N) is 2. The lowest BCUT2D eigenvalue weighted by atomic mass is 9.85. The summed E-state index contributed by atoms with van der Waals surface area (Å²) in [6.45, 7) is 7.45. The Morgan fingerprint density at radius 1 is 1.15 bits per heavy atom. The molecule has 6 nitrogen and oxygen atoms in total. The van der Waals surface area contributed by atoms with Crippen LogP contribution in [-0.2, 0) is 4.79 Å². The molecule has 3 aromatic rings. The van der Waals surface area contributed by atoms with Gasteiger partial charge in [0.2, 0.25) is 5.88 Å². The van der Waals surface area contributed by atoms with Crippen molar-refractivity contribution in [2.24, 2.45) is 5.92 Å². The van der Waals surface area contributed by atoms with Crippen LogP contribution < -0.4 is 4.74 Å². The van der Waals surface area contributed by atoms with E-state index in [0.29, 0.717) is 34.2 Å². The predicted molar refractivity (Wildman–Crippen MR) is 126 cm³/mol. The highest BCUT2D eigenvalue weighted by Gasteiger charge is 2.24. The molecule has 2 heterocycles. The number of halogens is 1. The van der Waals surface area contributed by atoms with Gasteiger partial charge in [0, 0.05) is 24.2 Å². The fraction of sp³-hybridized carbons (Fsp3) is 0.269. The minimum atomic E-state index is -0.742. The number of carboxylic acid groups (broad SMARTS) is 1. The van der Waals surface area contributed by atoms with Crippen LogP contribution >= 0.6 is 0 Å². The first kappa shape index (κ1) is 22.5. The van der Waals surface area contributed by atoms with Crippen LogP contribution in [0.3, 0.4) is 0 Å². The Kier molecular flexibility index (Phi) is 6.68. The van der Waals surface area contributed by atoms with Crippen molar-refractivity contribution in [1.29, 1.82) is 0 Å². The molecular formula is C26H26FN3O3. The molecule has 0 atom stereocenters. The third-order valence-electron chi connectivity index (χ3n) is 6.00. The molecule has 170 valence electrons. The van der Waals surface area contributed by atoms with Gasteiger partial charge in [-0.15, -0.1) is 0 Å². The SMILES string of the molecule is C=Cc1nc(-c2ccc(-c3ccc(O[C@H]4CC[C@H](CC(=O)O)CC4)nc3)cc2F)[nH]c1C=C. The van der Waals surface area contributed by atoms with Crippen molar-refractivity contribution in [2.45, 2.75) is 38.2 Å². The summed E-state index contributed by atoms with van der Waals surface area (Å²) in [5, 5.41) is 8.93. The number of pyridine rings is 1. The molecule has 33 heavy (non-hydrogen) atoms. The number of ether oxygens (including phenoxy) is 1. The maximum atomic E-state index is 14.9. The zero-order valence-electron chi connectivity index (χ0n) is 18.3. The highest BCUT2D eigenvalue weighted by molar-refractivity contribution is 5.70. The molecule has 0 radical (unpaired) electrons.